The molecular weight excluding hydrogens is 292 g/mol. The lowest BCUT2D eigenvalue weighted by molar-refractivity contribution is 0.0757. The number of benzene rings is 1. The number of halogens is 1. The number of hydrogen-bond donors (Lipinski definition) is 0. The quantitative estimate of drug-likeness (QED) is 0.756. The van der Waals surface area contributed by atoms with Crippen LogP contribution in [0.2, 0.25) is 5.15 Å². The van der Waals surface area contributed by atoms with E-state index in [1.165, 1.54) is 0 Å². The number of amides is 1. The molecule has 2 heterocycles. The molecule has 1 aliphatic rings. The molecule has 1 atom stereocenters. The first-order chi connectivity index (χ1) is 9.65. The van der Waals surface area contributed by atoms with Gasteiger partial charge in [-0.2, -0.15) is 11.8 Å². The van der Waals surface area contributed by atoms with Gasteiger partial charge in [0.2, 0.25) is 0 Å². The second-order valence-electron chi connectivity index (χ2n) is 4.95. The predicted molar refractivity (Wildman–Crippen MR) is 84.6 cm³/mol. The number of rotatable bonds is 1. The van der Waals surface area contributed by atoms with E-state index in [4.69, 9.17) is 11.6 Å². The van der Waals surface area contributed by atoms with E-state index in [0.717, 1.165) is 29.6 Å². The Kier molecular flexibility index (Phi) is 3.85. The summed E-state index contributed by atoms with van der Waals surface area (Å²) in [4.78, 5) is 18.7. The van der Waals surface area contributed by atoms with Gasteiger partial charge >= 0.3 is 0 Å². The highest BCUT2D eigenvalue weighted by Gasteiger charge is 2.23. The first-order valence-corrected chi connectivity index (χ1v) is 8.04. The molecule has 104 valence electrons. The minimum absolute atomic E-state index is 0.0233. The summed E-state index contributed by atoms with van der Waals surface area (Å²) in [6.45, 7) is 3.69. The average molecular weight is 307 g/mol. The highest BCUT2D eigenvalue weighted by Crippen LogP contribution is 2.24. The van der Waals surface area contributed by atoms with Gasteiger partial charge in [-0.3, -0.25) is 4.79 Å². The van der Waals surface area contributed by atoms with Gasteiger partial charge in [-0.15, -0.1) is 0 Å². The van der Waals surface area contributed by atoms with E-state index in [-0.39, 0.29) is 5.91 Å². The number of fused-ring (bicyclic) bond motifs is 1. The van der Waals surface area contributed by atoms with Crippen LogP contribution in [0, 0.1) is 0 Å². The van der Waals surface area contributed by atoms with Crippen molar-refractivity contribution in [3.63, 3.8) is 0 Å². The van der Waals surface area contributed by atoms with Gasteiger partial charge in [-0.25, -0.2) is 4.98 Å². The van der Waals surface area contributed by atoms with Crippen molar-refractivity contribution in [3.05, 3.63) is 41.2 Å². The SMILES string of the molecule is CC1CN(C(=O)c2cc3ccccc3c(Cl)n2)CCS1. The Balaban J connectivity index is 1.95. The maximum absolute atomic E-state index is 12.5. The molecule has 0 saturated carbocycles. The molecule has 5 heteroatoms. The van der Waals surface area contributed by atoms with Crippen molar-refractivity contribution in [1.82, 2.24) is 9.88 Å². The average Bonchev–Trinajstić information content (AvgIpc) is 2.46. The van der Waals surface area contributed by atoms with Crippen LogP contribution < -0.4 is 0 Å². The smallest absolute Gasteiger partial charge is 0.272 e. The van der Waals surface area contributed by atoms with Crippen molar-refractivity contribution in [2.75, 3.05) is 18.8 Å². The lowest BCUT2D eigenvalue weighted by Gasteiger charge is -2.30. The summed E-state index contributed by atoms with van der Waals surface area (Å²) < 4.78 is 0. The molecule has 0 spiro atoms. The predicted octanol–water partition coefficient (Wildman–Crippen LogP) is 3.47. The molecule has 0 aliphatic carbocycles. The molecule has 0 bridgehead atoms. The molecule has 20 heavy (non-hydrogen) atoms. The third kappa shape index (κ3) is 2.63. The highest BCUT2D eigenvalue weighted by atomic mass is 35.5. The first kappa shape index (κ1) is 13.7. The number of pyridine rings is 1. The Morgan fingerprint density at radius 3 is 3.05 bits per heavy atom. The third-order valence-corrected chi connectivity index (χ3v) is 4.87. The molecule has 0 N–H and O–H groups in total. The van der Waals surface area contributed by atoms with Crippen LogP contribution in [0.4, 0.5) is 0 Å². The van der Waals surface area contributed by atoms with E-state index in [9.17, 15) is 4.79 Å². The Morgan fingerprint density at radius 2 is 2.25 bits per heavy atom. The van der Waals surface area contributed by atoms with E-state index >= 15 is 0 Å². The molecular formula is C15H15ClN2OS. The lowest BCUT2D eigenvalue weighted by Crippen LogP contribution is -2.41. The van der Waals surface area contributed by atoms with Crippen LogP contribution in [-0.4, -0.2) is 39.9 Å². The summed E-state index contributed by atoms with van der Waals surface area (Å²) in [5.74, 6) is 0.957. The van der Waals surface area contributed by atoms with Crippen LogP contribution in [0.1, 0.15) is 17.4 Å². The normalized spacial score (nSPS) is 19.3. The van der Waals surface area contributed by atoms with Gasteiger partial charge in [0.1, 0.15) is 10.8 Å². The van der Waals surface area contributed by atoms with Crippen LogP contribution >= 0.6 is 23.4 Å². The third-order valence-electron chi connectivity index (χ3n) is 3.44. The van der Waals surface area contributed by atoms with Crippen LogP contribution in [0.25, 0.3) is 10.8 Å². The number of thioether (sulfide) groups is 1. The molecule has 3 rings (SSSR count). The Labute approximate surface area is 127 Å². The lowest BCUT2D eigenvalue weighted by atomic mass is 10.1. The van der Waals surface area contributed by atoms with E-state index in [1.54, 1.807) is 0 Å². The van der Waals surface area contributed by atoms with Crippen LogP contribution in [0.5, 0.6) is 0 Å². The molecule has 1 aromatic heterocycles. The van der Waals surface area contributed by atoms with Gasteiger partial charge in [0.05, 0.1) is 0 Å². The summed E-state index contributed by atoms with van der Waals surface area (Å²) in [5, 5.41) is 2.71. The molecule has 1 aliphatic heterocycles. The molecule has 1 aromatic carbocycles. The maximum atomic E-state index is 12.5. The fourth-order valence-electron chi connectivity index (χ4n) is 2.43. The zero-order chi connectivity index (χ0) is 14.1. The number of aromatic nitrogens is 1. The molecule has 1 amide bonds. The van der Waals surface area contributed by atoms with E-state index in [2.05, 4.69) is 11.9 Å². The number of carbonyl (C=O) groups excluding carboxylic acids is 1. The highest BCUT2D eigenvalue weighted by molar-refractivity contribution is 7.99. The van der Waals surface area contributed by atoms with Gasteiger partial charge < -0.3 is 4.90 Å². The molecule has 2 aromatic rings. The van der Waals surface area contributed by atoms with Crippen LogP contribution in [0.15, 0.2) is 30.3 Å². The molecule has 0 radical (unpaired) electrons. The molecule has 1 saturated heterocycles. The number of nitrogens with zero attached hydrogens (tertiary/aromatic N) is 2. The second-order valence-corrected chi connectivity index (χ2v) is 6.86. The summed E-state index contributed by atoms with van der Waals surface area (Å²) in [7, 11) is 0. The van der Waals surface area contributed by atoms with Gasteiger partial charge in [0.25, 0.3) is 5.91 Å². The standard InChI is InChI=1S/C15H15ClN2OS/c1-10-9-18(6-7-20-10)15(19)13-8-11-4-2-3-5-12(11)14(16)17-13/h2-5,8,10H,6-7,9H2,1H3. The summed E-state index contributed by atoms with van der Waals surface area (Å²) in [5.41, 5.74) is 0.438. The fraction of sp³-hybridized carbons (Fsp3) is 0.333. The Bertz CT molecular complexity index is 661. The minimum Gasteiger partial charge on any atom is -0.335 e. The molecule has 1 unspecified atom stereocenters. The minimum atomic E-state index is -0.0233. The van der Waals surface area contributed by atoms with Crippen LogP contribution in [0.3, 0.4) is 0 Å². The fourth-order valence-corrected chi connectivity index (χ4v) is 3.71. The summed E-state index contributed by atoms with van der Waals surface area (Å²) >= 11 is 8.09. The maximum Gasteiger partial charge on any atom is 0.272 e. The van der Waals surface area contributed by atoms with Gasteiger partial charge in [0, 0.05) is 29.5 Å². The van der Waals surface area contributed by atoms with Crippen molar-refractivity contribution in [1.29, 1.82) is 0 Å². The van der Waals surface area contributed by atoms with Gasteiger partial charge in [-0.1, -0.05) is 42.8 Å². The Morgan fingerprint density at radius 1 is 1.45 bits per heavy atom. The first-order valence-electron chi connectivity index (χ1n) is 6.61. The Hall–Kier alpha value is -1.26. The van der Waals surface area contributed by atoms with Crippen molar-refractivity contribution < 1.29 is 4.79 Å². The zero-order valence-electron chi connectivity index (χ0n) is 11.2. The largest absolute Gasteiger partial charge is 0.335 e. The molecule has 3 nitrogen and oxygen atoms in total. The van der Waals surface area contributed by atoms with E-state index < -0.39 is 0 Å². The summed E-state index contributed by atoms with van der Waals surface area (Å²) in [6.07, 6.45) is 0. The zero-order valence-corrected chi connectivity index (χ0v) is 12.7. The van der Waals surface area contributed by atoms with Gasteiger partial charge in [0.15, 0.2) is 0 Å². The van der Waals surface area contributed by atoms with Crippen molar-refractivity contribution in [3.8, 4) is 0 Å². The number of hydrogen-bond acceptors (Lipinski definition) is 3. The van der Waals surface area contributed by atoms with E-state index in [0.29, 0.717) is 16.1 Å². The van der Waals surface area contributed by atoms with Gasteiger partial charge in [-0.05, 0) is 11.5 Å². The van der Waals surface area contributed by atoms with Crippen molar-refractivity contribution >= 4 is 40.0 Å². The number of carbonyl (C=O) groups is 1. The summed E-state index contributed by atoms with van der Waals surface area (Å²) in [6, 6.07) is 9.55. The monoisotopic (exact) mass is 306 g/mol. The topological polar surface area (TPSA) is 33.2 Å². The molecule has 1 fully saturated rings. The van der Waals surface area contributed by atoms with Crippen molar-refractivity contribution in [2.45, 2.75) is 12.2 Å². The van der Waals surface area contributed by atoms with E-state index in [1.807, 2.05) is 47.0 Å². The second kappa shape index (κ2) is 5.62. The van der Waals surface area contributed by atoms with Crippen molar-refractivity contribution in [2.24, 2.45) is 0 Å². The van der Waals surface area contributed by atoms with Crippen LogP contribution in [-0.2, 0) is 0 Å².